The van der Waals surface area contributed by atoms with E-state index in [2.05, 4.69) is 0 Å². The Balaban J connectivity index is 2.70. The minimum Gasteiger partial charge on any atom is -0.381 e. The van der Waals surface area contributed by atoms with Gasteiger partial charge in [-0.15, -0.1) is 0 Å². The predicted molar refractivity (Wildman–Crippen MR) is 43.2 cm³/mol. The van der Waals surface area contributed by atoms with Crippen molar-refractivity contribution < 1.29 is 13.2 Å². The standard InChI is InChI=1S/C6H11ClO3S/c1-5-4-10-3-2-6(5)11(7,8)9/h5-6H,2-4H2,1H3/t5-,6-/m1/s1. The first-order valence-electron chi connectivity index (χ1n) is 3.53. The maximum atomic E-state index is 10.9. The summed E-state index contributed by atoms with van der Waals surface area (Å²) in [7, 11) is 1.84. The molecule has 1 saturated heterocycles. The molecule has 1 aliphatic rings. The number of rotatable bonds is 1. The molecule has 1 fully saturated rings. The molecule has 0 unspecified atom stereocenters. The van der Waals surface area contributed by atoms with Crippen LogP contribution in [0.25, 0.3) is 0 Å². The predicted octanol–water partition coefficient (Wildman–Crippen LogP) is 0.980. The second kappa shape index (κ2) is 3.29. The second-order valence-electron chi connectivity index (χ2n) is 2.85. The number of halogens is 1. The van der Waals surface area contributed by atoms with Crippen LogP contribution in [0.5, 0.6) is 0 Å². The van der Waals surface area contributed by atoms with Crippen molar-refractivity contribution in [3.63, 3.8) is 0 Å². The molecule has 1 aliphatic heterocycles. The molecule has 11 heavy (non-hydrogen) atoms. The first kappa shape index (κ1) is 9.29. The Morgan fingerprint density at radius 3 is 2.55 bits per heavy atom. The van der Waals surface area contributed by atoms with E-state index in [1.165, 1.54) is 0 Å². The first-order valence-corrected chi connectivity index (χ1v) is 5.90. The molecule has 2 atom stereocenters. The van der Waals surface area contributed by atoms with Crippen LogP contribution in [0.2, 0.25) is 0 Å². The van der Waals surface area contributed by atoms with E-state index in [0.29, 0.717) is 19.6 Å². The molecule has 1 heterocycles. The van der Waals surface area contributed by atoms with E-state index in [1.54, 1.807) is 0 Å². The van der Waals surface area contributed by atoms with Crippen LogP contribution < -0.4 is 0 Å². The summed E-state index contributed by atoms with van der Waals surface area (Å²) in [5, 5.41) is -0.419. The smallest absolute Gasteiger partial charge is 0.235 e. The summed E-state index contributed by atoms with van der Waals surface area (Å²) in [6.07, 6.45) is 0.521. The summed E-state index contributed by atoms with van der Waals surface area (Å²) in [4.78, 5) is 0. The van der Waals surface area contributed by atoms with Gasteiger partial charge in [0.15, 0.2) is 0 Å². The number of hydrogen-bond donors (Lipinski definition) is 0. The van der Waals surface area contributed by atoms with Crippen molar-refractivity contribution in [2.24, 2.45) is 5.92 Å². The molecule has 5 heteroatoms. The van der Waals surface area contributed by atoms with Crippen molar-refractivity contribution in [3.8, 4) is 0 Å². The monoisotopic (exact) mass is 198 g/mol. The highest BCUT2D eigenvalue weighted by Gasteiger charge is 2.31. The molecule has 3 nitrogen and oxygen atoms in total. The van der Waals surface area contributed by atoms with Gasteiger partial charge in [0.05, 0.1) is 11.9 Å². The molecule has 0 N–H and O–H groups in total. The summed E-state index contributed by atoms with van der Waals surface area (Å²) < 4.78 is 26.9. The highest BCUT2D eigenvalue weighted by molar-refractivity contribution is 8.14. The molecule has 1 rings (SSSR count). The molecule has 0 saturated carbocycles. The Hall–Kier alpha value is 0.200. The zero-order chi connectivity index (χ0) is 8.48. The lowest BCUT2D eigenvalue weighted by atomic mass is 10.0. The van der Waals surface area contributed by atoms with Crippen LogP contribution in [-0.2, 0) is 13.8 Å². The van der Waals surface area contributed by atoms with Gasteiger partial charge in [0.2, 0.25) is 9.05 Å². The molecular formula is C6H11ClO3S. The topological polar surface area (TPSA) is 43.4 Å². The average Bonchev–Trinajstić information content (AvgIpc) is 1.86. The van der Waals surface area contributed by atoms with Crippen LogP contribution in [0.1, 0.15) is 13.3 Å². The van der Waals surface area contributed by atoms with Gasteiger partial charge in [-0.1, -0.05) is 6.92 Å². The Kier molecular flexibility index (Phi) is 2.78. The van der Waals surface area contributed by atoms with Gasteiger partial charge in [0.25, 0.3) is 0 Å². The van der Waals surface area contributed by atoms with Crippen LogP contribution in [0.3, 0.4) is 0 Å². The summed E-state index contributed by atoms with van der Waals surface area (Å²) >= 11 is 0. The lowest BCUT2D eigenvalue weighted by Crippen LogP contribution is -2.33. The van der Waals surface area contributed by atoms with Crippen molar-refractivity contribution in [1.29, 1.82) is 0 Å². The highest BCUT2D eigenvalue weighted by atomic mass is 35.7. The first-order chi connectivity index (χ1) is 5.02. The largest absolute Gasteiger partial charge is 0.381 e. The van der Waals surface area contributed by atoms with Gasteiger partial charge >= 0.3 is 0 Å². The zero-order valence-electron chi connectivity index (χ0n) is 6.29. The van der Waals surface area contributed by atoms with E-state index in [-0.39, 0.29) is 5.92 Å². The van der Waals surface area contributed by atoms with Crippen molar-refractivity contribution in [3.05, 3.63) is 0 Å². The Bertz CT molecular complexity index is 224. The highest BCUT2D eigenvalue weighted by Crippen LogP contribution is 2.23. The molecule has 0 radical (unpaired) electrons. The molecule has 0 bridgehead atoms. The van der Waals surface area contributed by atoms with Crippen LogP contribution in [-0.4, -0.2) is 26.9 Å². The summed E-state index contributed by atoms with van der Waals surface area (Å²) in [5.41, 5.74) is 0. The van der Waals surface area contributed by atoms with Crippen molar-refractivity contribution in [2.45, 2.75) is 18.6 Å². The van der Waals surface area contributed by atoms with Gasteiger partial charge in [-0.2, -0.15) is 0 Å². The minimum atomic E-state index is -3.38. The van der Waals surface area contributed by atoms with Gasteiger partial charge in [-0.05, 0) is 12.3 Å². The van der Waals surface area contributed by atoms with E-state index >= 15 is 0 Å². The summed E-state index contributed by atoms with van der Waals surface area (Å²) in [6.45, 7) is 2.83. The summed E-state index contributed by atoms with van der Waals surface area (Å²) in [5.74, 6) is 0.0197. The second-order valence-corrected chi connectivity index (χ2v) is 5.70. The van der Waals surface area contributed by atoms with Crippen molar-refractivity contribution in [1.82, 2.24) is 0 Å². The van der Waals surface area contributed by atoms with Gasteiger partial charge < -0.3 is 4.74 Å². The molecule has 0 spiro atoms. The third-order valence-electron chi connectivity index (χ3n) is 1.92. The van der Waals surface area contributed by atoms with Gasteiger partial charge in [0.1, 0.15) is 0 Å². The fourth-order valence-electron chi connectivity index (χ4n) is 1.28. The van der Waals surface area contributed by atoms with Crippen LogP contribution >= 0.6 is 10.7 Å². The molecular weight excluding hydrogens is 188 g/mol. The summed E-state index contributed by atoms with van der Waals surface area (Å²) in [6, 6.07) is 0. The van der Waals surface area contributed by atoms with Gasteiger partial charge in [0, 0.05) is 17.3 Å². The molecule has 0 aromatic heterocycles. The molecule has 0 aliphatic carbocycles. The SMILES string of the molecule is C[C@@H]1COCC[C@H]1S(=O)(=O)Cl. The lowest BCUT2D eigenvalue weighted by Gasteiger charge is -2.25. The number of ether oxygens (including phenoxy) is 1. The zero-order valence-corrected chi connectivity index (χ0v) is 7.86. The normalized spacial score (nSPS) is 33.6. The molecule has 66 valence electrons. The van der Waals surface area contributed by atoms with Crippen molar-refractivity contribution in [2.75, 3.05) is 13.2 Å². The lowest BCUT2D eigenvalue weighted by molar-refractivity contribution is 0.0641. The molecule has 0 amide bonds. The Morgan fingerprint density at radius 1 is 1.55 bits per heavy atom. The maximum Gasteiger partial charge on any atom is 0.235 e. The third-order valence-corrected chi connectivity index (χ3v) is 4.03. The van der Waals surface area contributed by atoms with E-state index in [4.69, 9.17) is 15.4 Å². The van der Waals surface area contributed by atoms with Gasteiger partial charge in [-0.25, -0.2) is 8.42 Å². The quantitative estimate of drug-likeness (QED) is 0.590. The fraction of sp³-hybridized carbons (Fsp3) is 1.00. The molecule has 0 aromatic rings. The van der Waals surface area contributed by atoms with Gasteiger partial charge in [-0.3, -0.25) is 0 Å². The Labute approximate surface area is 71.1 Å². The molecule has 0 aromatic carbocycles. The minimum absolute atomic E-state index is 0.0197. The Morgan fingerprint density at radius 2 is 2.18 bits per heavy atom. The van der Waals surface area contributed by atoms with Crippen LogP contribution in [0.15, 0.2) is 0 Å². The van der Waals surface area contributed by atoms with Crippen LogP contribution in [0.4, 0.5) is 0 Å². The van der Waals surface area contributed by atoms with Crippen LogP contribution in [0, 0.1) is 5.92 Å². The number of hydrogen-bond acceptors (Lipinski definition) is 3. The van der Waals surface area contributed by atoms with Crippen molar-refractivity contribution >= 4 is 19.7 Å². The average molecular weight is 199 g/mol. The van der Waals surface area contributed by atoms with E-state index < -0.39 is 14.3 Å². The third kappa shape index (κ3) is 2.32. The van der Waals surface area contributed by atoms with E-state index in [0.717, 1.165) is 0 Å². The maximum absolute atomic E-state index is 10.9. The van der Waals surface area contributed by atoms with E-state index in [1.807, 2.05) is 6.92 Å². The van der Waals surface area contributed by atoms with E-state index in [9.17, 15) is 8.42 Å². The fourth-order valence-corrected chi connectivity index (χ4v) is 3.08.